The number of ether oxygens (including phenoxy) is 1. The Bertz CT molecular complexity index is 492. The Morgan fingerprint density at radius 1 is 1.00 bits per heavy atom. The van der Waals surface area contributed by atoms with Crippen LogP contribution in [0.2, 0.25) is 0 Å². The summed E-state index contributed by atoms with van der Waals surface area (Å²) in [5.41, 5.74) is 1.66. The third kappa shape index (κ3) is 1.98. The average Bonchev–Trinajstić information content (AvgIpc) is 2.33. The van der Waals surface area contributed by atoms with E-state index in [1.165, 1.54) is 12.1 Å². The molecule has 0 heterocycles. The summed E-state index contributed by atoms with van der Waals surface area (Å²) >= 11 is 0. The maximum Gasteiger partial charge on any atom is 0.164 e. The third-order valence-corrected chi connectivity index (χ3v) is 2.37. The van der Waals surface area contributed by atoms with Gasteiger partial charge < -0.3 is 9.84 Å². The second-order valence-corrected chi connectivity index (χ2v) is 3.39. The summed E-state index contributed by atoms with van der Waals surface area (Å²) in [5, 5.41) is 9.26. The lowest BCUT2D eigenvalue weighted by Gasteiger charge is -2.04. The molecule has 0 bridgehead atoms. The fraction of sp³-hybridized carbons (Fsp3) is 0.0769. The first-order chi connectivity index (χ1) is 7.70. The minimum atomic E-state index is -0.614. The normalized spacial score (nSPS) is 10.1. The topological polar surface area (TPSA) is 29.5 Å². The summed E-state index contributed by atoms with van der Waals surface area (Å²) in [7, 11) is 1.60. The van der Waals surface area contributed by atoms with Gasteiger partial charge in [0.1, 0.15) is 5.75 Å². The van der Waals surface area contributed by atoms with Crippen LogP contribution in [0.4, 0.5) is 4.39 Å². The number of methoxy groups -OCH3 is 1. The molecule has 0 saturated heterocycles. The lowest BCUT2D eigenvalue weighted by Crippen LogP contribution is -1.83. The quantitative estimate of drug-likeness (QED) is 0.838. The Morgan fingerprint density at radius 3 is 2.19 bits per heavy atom. The standard InChI is InChI=1S/C13H11FO2/c1-16-11-5-2-9(3-6-11)10-4-7-12(14)13(15)8-10/h2-8,15H,1H3. The number of rotatable bonds is 2. The zero-order valence-corrected chi connectivity index (χ0v) is 8.77. The smallest absolute Gasteiger partial charge is 0.164 e. The lowest BCUT2D eigenvalue weighted by atomic mass is 10.1. The van der Waals surface area contributed by atoms with Gasteiger partial charge in [-0.1, -0.05) is 18.2 Å². The van der Waals surface area contributed by atoms with Crippen molar-refractivity contribution in [1.29, 1.82) is 0 Å². The molecule has 2 aromatic rings. The molecule has 3 heteroatoms. The predicted octanol–water partition coefficient (Wildman–Crippen LogP) is 3.21. The highest BCUT2D eigenvalue weighted by Crippen LogP contribution is 2.26. The van der Waals surface area contributed by atoms with Gasteiger partial charge >= 0.3 is 0 Å². The fourth-order valence-electron chi connectivity index (χ4n) is 1.48. The van der Waals surface area contributed by atoms with E-state index in [9.17, 15) is 9.50 Å². The minimum absolute atomic E-state index is 0.340. The molecule has 0 saturated carbocycles. The summed E-state index contributed by atoms with van der Waals surface area (Å²) in [5.74, 6) is -0.194. The van der Waals surface area contributed by atoms with Crippen LogP contribution in [0.15, 0.2) is 42.5 Å². The third-order valence-electron chi connectivity index (χ3n) is 2.37. The SMILES string of the molecule is COc1ccc(-c2ccc(F)c(O)c2)cc1. The van der Waals surface area contributed by atoms with Gasteiger partial charge in [0.05, 0.1) is 7.11 Å². The zero-order valence-electron chi connectivity index (χ0n) is 8.77. The van der Waals surface area contributed by atoms with Crippen molar-refractivity contribution in [3.05, 3.63) is 48.3 Å². The van der Waals surface area contributed by atoms with Crippen molar-refractivity contribution in [1.82, 2.24) is 0 Å². The first kappa shape index (κ1) is 10.5. The molecule has 1 N–H and O–H groups in total. The van der Waals surface area contributed by atoms with Crippen molar-refractivity contribution in [3.63, 3.8) is 0 Å². The van der Waals surface area contributed by atoms with E-state index in [4.69, 9.17) is 4.74 Å². The first-order valence-corrected chi connectivity index (χ1v) is 4.83. The monoisotopic (exact) mass is 218 g/mol. The molecule has 2 nitrogen and oxygen atoms in total. The molecule has 2 rings (SSSR count). The molecule has 0 aromatic heterocycles. The summed E-state index contributed by atoms with van der Waals surface area (Å²) in [6.45, 7) is 0. The maximum atomic E-state index is 12.9. The van der Waals surface area contributed by atoms with Crippen molar-refractivity contribution >= 4 is 0 Å². The highest BCUT2D eigenvalue weighted by Gasteiger charge is 2.03. The molecule has 0 aliphatic heterocycles. The number of aromatic hydroxyl groups is 1. The van der Waals surface area contributed by atoms with E-state index < -0.39 is 5.82 Å². The van der Waals surface area contributed by atoms with Gasteiger partial charge in [-0.25, -0.2) is 4.39 Å². The molecule has 16 heavy (non-hydrogen) atoms. The number of hydrogen-bond donors (Lipinski definition) is 1. The van der Waals surface area contributed by atoms with Crippen LogP contribution in [0.5, 0.6) is 11.5 Å². The van der Waals surface area contributed by atoms with Crippen LogP contribution in [0, 0.1) is 5.82 Å². The summed E-state index contributed by atoms with van der Waals surface area (Å²) in [6.07, 6.45) is 0. The van der Waals surface area contributed by atoms with Gasteiger partial charge in [0, 0.05) is 0 Å². The Morgan fingerprint density at radius 2 is 1.62 bits per heavy atom. The van der Waals surface area contributed by atoms with Crippen LogP contribution in [0.3, 0.4) is 0 Å². The highest BCUT2D eigenvalue weighted by atomic mass is 19.1. The van der Waals surface area contributed by atoms with Gasteiger partial charge in [0.25, 0.3) is 0 Å². The van der Waals surface area contributed by atoms with E-state index in [1.54, 1.807) is 13.2 Å². The van der Waals surface area contributed by atoms with Gasteiger partial charge in [-0.3, -0.25) is 0 Å². The van der Waals surface area contributed by atoms with Crippen molar-refractivity contribution in [3.8, 4) is 22.6 Å². The van der Waals surface area contributed by atoms with Gasteiger partial charge in [0.2, 0.25) is 0 Å². The van der Waals surface area contributed by atoms with Crippen LogP contribution < -0.4 is 4.74 Å². The summed E-state index contributed by atoms with van der Waals surface area (Å²) in [6, 6.07) is 11.6. The molecule has 0 radical (unpaired) electrons. The second-order valence-electron chi connectivity index (χ2n) is 3.39. The Hall–Kier alpha value is -2.03. The van der Waals surface area contributed by atoms with Crippen LogP contribution in [-0.2, 0) is 0 Å². The van der Waals surface area contributed by atoms with E-state index in [-0.39, 0.29) is 5.75 Å². The van der Waals surface area contributed by atoms with Gasteiger partial charge in [-0.2, -0.15) is 0 Å². The minimum Gasteiger partial charge on any atom is -0.505 e. The predicted molar refractivity (Wildman–Crippen MR) is 60.1 cm³/mol. The molecular weight excluding hydrogens is 207 g/mol. The highest BCUT2D eigenvalue weighted by molar-refractivity contribution is 5.65. The fourth-order valence-corrected chi connectivity index (χ4v) is 1.48. The van der Waals surface area contributed by atoms with Crippen LogP contribution in [-0.4, -0.2) is 12.2 Å². The van der Waals surface area contributed by atoms with Crippen LogP contribution in [0.25, 0.3) is 11.1 Å². The zero-order chi connectivity index (χ0) is 11.5. The average molecular weight is 218 g/mol. The Balaban J connectivity index is 2.38. The molecule has 2 aromatic carbocycles. The second kappa shape index (κ2) is 4.23. The van der Waals surface area contributed by atoms with Crippen LogP contribution in [0.1, 0.15) is 0 Å². The Kier molecular flexibility index (Phi) is 2.77. The van der Waals surface area contributed by atoms with Crippen molar-refractivity contribution in [2.45, 2.75) is 0 Å². The molecule has 0 atom stereocenters. The van der Waals surface area contributed by atoms with Gasteiger partial charge in [0.15, 0.2) is 11.6 Å². The number of phenols is 1. The number of phenolic OH excluding ortho intramolecular Hbond substituents is 1. The molecule has 0 spiro atoms. The Labute approximate surface area is 92.9 Å². The lowest BCUT2D eigenvalue weighted by molar-refractivity contribution is 0.415. The van der Waals surface area contributed by atoms with Crippen molar-refractivity contribution in [2.75, 3.05) is 7.11 Å². The van der Waals surface area contributed by atoms with E-state index in [1.807, 2.05) is 24.3 Å². The van der Waals surface area contributed by atoms with E-state index >= 15 is 0 Å². The summed E-state index contributed by atoms with van der Waals surface area (Å²) < 4.78 is 17.9. The van der Waals surface area contributed by atoms with Crippen LogP contribution >= 0.6 is 0 Å². The molecule has 0 unspecified atom stereocenters. The molecular formula is C13H11FO2. The maximum absolute atomic E-state index is 12.9. The van der Waals surface area contributed by atoms with Gasteiger partial charge in [-0.05, 0) is 35.4 Å². The molecule has 82 valence electrons. The van der Waals surface area contributed by atoms with E-state index in [0.717, 1.165) is 16.9 Å². The van der Waals surface area contributed by atoms with Crippen molar-refractivity contribution < 1.29 is 14.2 Å². The number of halogens is 1. The summed E-state index contributed by atoms with van der Waals surface area (Å²) in [4.78, 5) is 0. The van der Waals surface area contributed by atoms with E-state index in [0.29, 0.717) is 0 Å². The molecule has 0 amide bonds. The van der Waals surface area contributed by atoms with Crippen molar-refractivity contribution in [2.24, 2.45) is 0 Å². The molecule has 0 aliphatic rings. The molecule has 0 aliphatic carbocycles. The van der Waals surface area contributed by atoms with Gasteiger partial charge in [-0.15, -0.1) is 0 Å². The largest absolute Gasteiger partial charge is 0.505 e. The number of hydrogen-bond acceptors (Lipinski definition) is 2. The first-order valence-electron chi connectivity index (χ1n) is 4.83. The van der Waals surface area contributed by atoms with E-state index in [2.05, 4.69) is 0 Å². The number of benzene rings is 2. The molecule has 0 fully saturated rings.